The third kappa shape index (κ3) is 3.32. The monoisotopic (exact) mass is 345 g/mol. The molecule has 0 aliphatic heterocycles. The topological polar surface area (TPSA) is 29.7 Å². The van der Waals surface area contributed by atoms with Gasteiger partial charge in [0.2, 0.25) is 0 Å². The van der Waals surface area contributed by atoms with Crippen LogP contribution in [0.2, 0.25) is 5.02 Å². The summed E-state index contributed by atoms with van der Waals surface area (Å²) in [5, 5.41) is 0.708. The number of aromatic nitrogens is 2. The highest BCUT2D eigenvalue weighted by Gasteiger charge is 2.06. The van der Waals surface area contributed by atoms with E-state index in [1.165, 1.54) is 0 Å². The SMILES string of the molecule is Clc1ccc(-c2ncc3ccccn3c2=NCc2ccccc2)cc1. The first kappa shape index (κ1) is 15.6. The summed E-state index contributed by atoms with van der Waals surface area (Å²) in [6, 6.07) is 23.9. The van der Waals surface area contributed by atoms with Crippen LogP contribution in [0.1, 0.15) is 5.56 Å². The highest BCUT2D eigenvalue weighted by Crippen LogP contribution is 2.17. The summed E-state index contributed by atoms with van der Waals surface area (Å²) in [6.45, 7) is 0.601. The minimum atomic E-state index is 0.601. The number of pyridine rings is 1. The molecule has 0 spiro atoms. The van der Waals surface area contributed by atoms with Crippen molar-refractivity contribution < 1.29 is 0 Å². The van der Waals surface area contributed by atoms with Crippen molar-refractivity contribution >= 4 is 17.1 Å². The predicted molar refractivity (Wildman–Crippen MR) is 101 cm³/mol. The molecular formula is C21H16ClN3. The second-order valence-electron chi connectivity index (χ2n) is 5.73. The average molecular weight is 346 g/mol. The molecule has 122 valence electrons. The smallest absolute Gasteiger partial charge is 0.159 e. The van der Waals surface area contributed by atoms with Crippen LogP contribution in [0.5, 0.6) is 0 Å². The van der Waals surface area contributed by atoms with E-state index in [9.17, 15) is 0 Å². The molecule has 25 heavy (non-hydrogen) atoms. The molecule has 0 N–H and O–H groups in total. The van der Waals surface area contributed by atoms with Crippen LogP contribution in [0.25, 0.3) is 16.8 Å². The number of halogens is 1. The minimum Gasteiger partial charge on any atom is -0.299 e. The van der Waals surface area contributed by atoms with Gasteiger partial charge in [-0.15, -0.1) is 0 Å². The summed E-state index contributed by atoms with van der Waals surface area (Å²) in [5.41, 5.74) is 4.85. The molecule has 3 nitrogen and oxygen atoms in total. The fourth-order valence-corrected chi connectivity index (χ4v) is 2.89. The van der Waals surface area contributed by atoms with E-state index in [2.05, 4.69) is 21.5 Å². The van der Waals surface area contributed by atoms with E-state index < -0.39 is 0 Å². The predicted octanol–water partition coefficient (Wildman–Crippen LogP) is 4.76. The van der Waals surface area contributed by atoms with Gasteiger partial charge in [-0.3, -0.25) is 14.4 Å². The van der Waals surface area contributed by atoms with E-state index >= 15 is 0 Å². The van der Waals surface area contributed by atoms with Crippen LogP contribution in [0.15, 0.2) is 90.2 Å². The maximum Gasteiger partial charge on any atom is 0.159 e. The Hall–Kier alpha value is -2.91. The Bertz CT molecular complexity index is 1070. The third-order valence-corrected chi connectivity index (χ3v) is 4.28. The van der Waals surface area contributed by atoms with E-state index in [0.717, 1.165) is 27.8 Å². The fraction of sp³-hybridized carbons (Fsp3) is 0.0476. The molecule has 4 rings (SSSR count). The van der Waals surface area contributed by atoms with Gasteiger partial charge in [0, 0.05) is 16.8 Å². The number of hydrogen-bond acceptors (Lipinski definition) is 2. The zero-order valence-electron chi connectivity index (χ0n) is 13.5. The lowest BCUT2D eigenvalue weighted by Gasteiger charge is -2.08. The summed E-state index contributed by atoms with van der Waals surface area (Å²) < 4.78 is 2.07. The first-order valence-electron chi connectivity index (χ1n) is 8.08. The van der Waals surface area contributed by atoms with Gasteiger partial charge in [0.25, 0.3) is 0 Å². The van der Waals surface area contributed by atoms with Gasteiger partial charge in [-0.05, 0) is 29.8 Å². The lowest BCUT2D eigenvalue weighted by molar-refractivity contribution is 0.916. The van der Waals surface area contributed by atoms with E-state index in [1.54, 1.807) is 0 Å². The van der Waals surface area contributed by atoms with E-state index in [-0.39, 0.29) is 0 Å². The summed E-state index contributed by atoms with van der Waals surface area (Å²) in [6.07, 6.45) is 3.88. The molecule has 0 aliphatic rings. The summed E-state index contributed by atoms with van der Waals surface area (Å²) in [7, 11) is 0. The maximum absolute atomic E-state index is 6.03. The molecule has 0 bridgehead atoms. The molecule has 0 saturated heterocycles. The van der Waals surface area contributed by atoms with Crippen molar-refractivity contribution in [3.63, 3.8) is 0 Å². The standard InChI is InChI=1S/C21H16ClN3/c22-18-11-9-17(10-12-18)20-21(24-14-16-6-2-1-3-7-16)25-13-5-4-8-19(25)15-23-20/h1-13,15H,14H2. The first-order chi connectivity index (χ1) is 12.3. The maximum atomic E-state index is 6.03. The van der Waals surface area contributed by atoms with Crippen LogP contribution in [0.3, 0.4) is 0 Å². The van der Waals surface area contributed by atoms with Crippen molar-refractivity contribution in [2.45, 2.75) is 6.54 Å². The molecule has 2 aromatic carbocycles. The zero-order valence-corrected chi connectivity index (χ0v) is 14.3. The second-order valence-corrected chi connectivity index (χ2v) is 6.17. The van der Waals surface area contributed by atoms with Crippen LogP contribution in [0.4, 0.5) is 0 Å². The lowest BCUT2D eigenvalue weighted by atomic mass is 10.1. The Morgan fingerprint density at radius 3 is 2.44 bits per heavy atom. The Labute approximate surface area is 150 Å². The van der Waals surface area contributed by atoms with Crippen molar-refractivity contribution in [3.8, 4) is 11.3 Å². The Morgan fingerprint density at radius 2 is 1.64 bits per heavy atom. The molecule has 0 saturated carbocycles. The number of rotatable bonds is 3. The molecule has 0 aliphatic carbocycles. The molecule has 0 unspecified atom stereocenters. The molecule has 2 heterocycles. The van der Waals surface area contributed by atoms with Gasteiger partial charge < -0.3 is 0 Å². The zero-order chi connectivity index (χ0) is 17.1. The Kier molecular flexibility index (Phi) is 4.32. The molecule has 0 radical (unpaired) electrons. The van der Waals surface area contributed by atoms with Crippen molar-refractivity contribution in [2.75, 3.05) is 0 Å². The van der Waals surface area contributed by atoms with Crippen LogP contribution in [-0.4, -0.2) is 9.38 Å². The lowest BCUT2D eigenvalue weighted by Crippen LogP contribution is -2.19. The van der Waals surface area contributed by atoms with Crippen LogP contribution in [-0.2, 0) is 6.54 Å². The number of nitrogens with zero attached hydrogens (tertiary/aromatic N) is 3. The molecule has 2 aromatic heterocycles. The van der Waals surface area contributed by atoms with Crippen LogP contribution in [0, 0.1) is 0 Å². The average Bonchev–Trinajstić information content (AvgIpc) is 2.67. The molecule has 4 aromatic rings. The highest BCUT2D eigenvalue weighted by atomic mass is 35.5. The van der Waals surface area contributed by atoms with Crippen molar-refractivity contribution in [1.82, 2.24) is 9.38 Å². The normalized spacial score (nSPS) is 11.8. The van der Waals surface area contributed by atoms with E-state index in [1.807, 2.05) is 73.1 Å². The van der Waals surface area contributed by atoms with Gasteiger partial charge in [0.05, 0.1) is 18.3 Å². The highest BCUT2D eigenvalue weighted by molar-refractivity contribution is 6.30. The van der Waals surface area contributed by atoms with Crippen LogP contribution >= 0.6 is 11.6 Å². The molecule has 0 amide bonds. The van der Waals surface area contributed by atoms with E-state index in [4.69, 9.17) is 16.6 Å². The minimum absolute atomic E-state index is 0.601. The quantitative estimate of drug-likeness (QED) is 0.526. The third-order valence-electron chi connectivity index (χ3n) is 4.03. The van der Waals surface area contributed by atoms with Crippen molar-refractivity contribution in [1.29, 1.82) is 0 Å². The number of fused-ring (bicyclic) bond motifs is 1. The first-order valence-corrected chi connectivity index (χ1v) is 8.46. The number of benzene rings is 2. The Balaban J connectivity index is 1.92. The fourth-order valence-electron chi connectivity index (χ4n) is 2.77. The summed E-state index contributed by atoms with van der Waals surface area (Å²) >= 11 is 6.03. The van der Waals surface area contributed by atoms with E-state index in [0.29, 0.717) is 11.6 Å². The summed E-state index contributed by atoms with van der Waals surface area (Å²) in [5.74, 6) is 0. The van der Waals surface area contributed by atoms with Gasteiger partial charge in [0.15, 0.2) is 5.49 Å². The molecular weight excluding hydrogens is 330 g/mol. The second kappa shape index (κ2) is 6.91. The summed E-state index contributed by atoms with van der Waals surface area (Å²) in [4.78, 5) is 9.53. The van der Waals surface area contributed by atoms with Gasteiger partial charge in [-0.25, -0.2) is 0 Å². The molecule has 4 heteroatoms. The van der Waals surface area contributed by atoms with Crippen molar-refractivity contribution in [3.05, 3.63) is 101 Å². The van der Waals surface area contributed by atoms with Gasteiger partial charge in [-0.2, -0.15) is 0 Å². The van der Waals surface area contributed by atoms with Gasteiger partial charge in [0.1, 0.15) is 5.69 Å². The largest absolute Gasteiger partial charge is 0.299 e. The molecule has 0 fully saturated rings. The number of hydrogen-bond donors (Lipinski definition) is 0. The van der Waals surface area contributed by atoms with Gasteiger partial charge in [-0.1, -0.05) is 60.1 Å². The Morgan fingerprint density at radius 1 is 0.880 bits per heavy atom. The van der Waals surface area contributed by atoms with Gasteiger partial charge >= 0.3 is 0 Å². The van der Waals surface area contributed by atoms with Crippen LogP contribution < -0.4 is 5.49 Å². The molecule has 0 atom stereocenters. The van der Waals surface area contributed by atoms with Crippen molar-refractivity contribution in [2.24, 2.45) is 4.99 Å².